The van der Waals surface area contributed by atoms with E-state index < -0.39 is 0 Å². The quantitative estimate of drug-likeness (QED) is 0.831. The first-order valence-corrected chi connectivity index (χ1v) is 7.34. The summed E-state index contributed by atoms with van der Waals surface area (Å²) < 4.78 is 0. The van der Waals surface area contributed by atoms with Crippen molar-refractivity contribution >= 4 is 23.2 Å². The molecule has 2 rings (SSSR count). The van der Waals surface area contributed by atoms with Crippen molar-refractivity contribution in [3.05, 3.63) is 28.8 Å². The number of hydrogen-bond acceptors (Lipinski definition) is 2. The number of amides is 1. The fraction of sp³-hybridized carbons (Fsp3) is 0.533. The molecule has 0 bridgehead atoms. The lowest BCUT2D eigenvalue weighted by molar-refractivity contribution is 0.0922. The highest BCUT2D eigenvalue weighted by Crippen LogP contribution is 2.27. The van der Waals surface area contributed by atoms with Gasteiger partial charge in [-0.05, 0) is 43.7 Å². The molecule has 0 aromatic heterocycles. The lowest BCUT2D eigenvalue weighted by atomic mass is 9.84. The molecule has 0 heterocycles. The highest BCUT2D eigenvalue weighted by Gasteiger charge is 2.22. The van der Waals surface area contributed by atoms with Crippen molar-refractivity contribution in [3.63, 3.8) is 0 Å². The maximum absolute atomic E-state index is 12.2. The van der Waals surface area contributed by atoms with Crippen LogP contribution in [0.1, 0.15) is 49.4 Å². The summed E-state index contributed by atoms with van der Waals surface area (Å²) in [7, 11) is 0. The lowest BCUT2D eigenvalue weighted by Gasteiger charge is -2.28. The molecular formula is C15H21ClN2O. The minimum Gasteiger partial charge on any atom is -0.398 e. The minimum absolute atomic E-state index is 0.114. The van der Waals surface area contributed by atoms with Gasteiger partial charge in [0.25, 0.3) is 5.91 Å². The fourth-order valence-electron chi connectivity index (χ4n) is 2.70. The van der Waals surface area contributed by atoms with Gasteiger partial charge in [0.05, 0.1) is 16.3 Å². The van der Waals surface area contributed by atoms with Gasteiger partial charge in [-0.3, -0.25) is 4.79 Å². The van der Waals surface area contributed by atoms with Crippen LogP contribution in [0.5, 0.6) is 0 Å². The molecule has 0 atom stereocenters. The van der Waals surface area contributed by atoms with Gasteiger partial charge in [0.15, 0.2) is 0 Å². The second kappa shape index (κ2) is 6.29. The number of halogens is 1. The molecule has 1 aliphatic carbocycles. The first-order valence-electron chi connectivity index (χ1n) is 6.96. The summed E-state index contributed by atoms with van der Waals surface area (Å²) in [6, 6.07) is 5.44. The highest BCUT2D eigenvalue weighted by atomic mass is 35.5. The third-order valence-corrected chi connectivity index (χ3v) is 4.45. The molecule has 3 nitrogen and oxygen atoms in total. The predicted octanol–water partition coefficient (Wildman–Crippen LogP) is 3.62. The Bertz CT molecular complexity index is 453. The molecule has 1 aliphatic rings. The van der Waals surface area contributed by atoms with Gasteiger partial charge in [-0.15, -0.1) is 0 Å². The van der Waals surface area contributed by atoms with Crippen molar-refractivity contribution in [1.29, 1.82) is 0 Å². The van der Waals surface area contributed by atoms with Crippen LogP contribution >= 0.6 is 11.6 Å². The van der Waals surface area contributed by atoms with Crippen LogP contribution in [-0.4, -0.2) is 11.9 Å². The second-order valence-corrected chi connectivity index (χ2v) is 5.69. The molecule has 0 aliphatic heterocycles. The van der Waals surface area contributed by atoms with Crippen LogP contribution in [0.4, 0.5) is 5.69 Å². The molecule has 3 N–H and O–H groups in total. The Morgan fingerprint density at radius 2 is 2.05 bits per heavy atom. The van der Waals surface area contributed by atoms with E-state index in [4.69, 9.17) is 17.3 Å². The summed E-state index contributed by atoms with van der Waals surface area (Å²) >= 11 is 6.07. The second-order valence-electron chi connectivity index (χ2n) is 5.31. The molecule has 19 heavy (non-hydrogen) atoms. The summed E-state index contributed by atoms with van der Waals surface area (Å²) in [4.78, 5) is 12.2. The van der Waals surface area contributed by atoms with Gasteiger partial charge in [0, 0.05) is 6.04 Å². The predicted molar refractivity (Wildman–Crippen MR) is 79.4 cm³/mol. The number of anilines is 1. The third-order valence-electron chi connectivity index (χ3n) is 4.03. The number of nitrogens with one attached hydrogen (secondary N) is 1. The number of rotatable bonds is 3. The zero-order valence-corrected chi connectivity index (χ0v) is 12.0. The van der Waals surface area contributed by atoms with Gasteiger partial charge in [-0.2, -0.15) is 0 Å². The van der Waals surface area contributed by atoms with E-state index in [0.29, 0.717) is 16.3 Å². The maximum atomic E-state index is 12.2. The van der Waals surface area contributed by atoms with E-state index in [-0.39, 0.29) is 11.9 Å². The summed E-state index contributed by atoms with van der Waals surface area (Å²) in [5, 5.41) is 3.42. The van der Waals surface area contributed by atoms with E-state index in [1.165, 1.54) is 19.3 Å². The fourth-order valence-corrected chi connectivity index (χ4v) is 2.92. The van der Waals surface area contributed by atoms with E-state index in [1.807, 2.05) is 0 Å². The molecule has 1 aromatic rings. The smallest absolute Gasteiger partial charge is 0.253 e. The first kappa shape index (κ1) is 14.2. The van der Waals surface area contributed by atoms with E-state index in [2.05, 4.69) is 12.2 Å². The Morgan fingerprint density at radius 3 is 2.68 bits per heavy atom. The maximum Gasteiger partial charge on any atom is 0.253 e. The lowest BCUT2D eigenvalue weighted by Crippen LogP contribution is -2.37. The Balaban J connectivity index is 1.96. The van der Waals surface area contributed by atoms with E-state index in [0.717, 1.165) is 18.8 Å². The van der Waals surface area contributed by atoms with Crippen molar-refractivity contribution in [2.24, 2.45) is 5.92 Å². The molecule has 1 saturated carbocycles. The number of nitrogens with two attached hydrogens (primary N) is 1. The van der Waals surface area contributed by atoms with Crippen LogP contribution in [-0.2, 0) is 0 Å². The Hall–Kier alpha value is -1.22. The molecular weight excluding hydrogens is 260 g/mol. The van der Waals surface area contributed by atoms with Crippen molar-refractivity contribution in [2.45, 2.75) is 45.1 Å². The van der Waals surface area contributed by atoms with Crippen molar-refractivity contribution in [3.8, 4) is 0 Å². The molecule has 0 unspecified atom stereocenters. The summed E-state index contributed by atoms with van der Waals surface area (Å²) in [6.45, 7) is 2.23. The Labute approximate surface area is 119 Å². The molecule has 1 amide bonds. The molecule has 0 spiro atoms. The normalized spacial score (nSPS) is 23.1. The van der Waals surface area contributed by atoms with Crippen molar-refractivity contribution in [1.82, 2.24) is 5.32 Å². The Morgan fingerprint density at radius 1 is 1.37 bits per heavy atom. The molecule has 1 fully saturated rings. The van der Waals surface area contributed by atoms with E-state index in [9.17, 15) is 4.79 Å². The number of benzene rings is 1. The van der Waals surface area contributed by atoms with Crippen LogP contribution in [0, 0.1) is 5.92 Å². The largest absolute Gasteiger partial charge is 0.398 e. The van der Waals surface area contributed by atoms with Gasteiger partial charge in [0.2, 0.25) is 0 Å². The van der Waals surface area contributed by atoms with Crippen LogP contribution < -0.4 is 11.1 Å². The number of carbonyl (C=O) groups is 1. The van der Waals surface area contributed by atoms with Crippen molar-refractivity contribution in [2.75, 3.05) is 5.73 Å². The summed E-state index contributed by atoms with van der Waals surface area (Å²) in [5.74, 6) is 0.710. The summed E-state index contributed by atoms with van der Waals surface area (Å²) in [5.41, 5.74) is 6.64. The van der Waals surface area contributed by atoms with Gasteiger partial charge >= 0.3 is 0 Å². The molecule has 1 aromatic carbocycles. The zero-order chi connectivity index (χ0) is 13.8. The number of nitrogen functional groups attached to an aromatic ring is 1. The van der Waals surface area contributed by atoms with Crippen molar-refractivity contribution < 1.29 is 4.79 Å². The first-order chi connectivity index (χ1) is 9.11. The topological polar surface area (TPSA) is 55.1 Å². The van der Waals surface area contributed by atoms with Crippen LogP contribution in [0.15, 0.2) is 18.2 Å². The minimum atomic E-state index is -0.114. The van der Waals surface area contributed by atoms with Gasteiger partial charge in [-0.25, -0.2) is 0 Å². The highest BCUT2D eigenvalue weighted by molar-refractivity contribution is 6.36. The Kier molecular flexibility index (Phi) is 4.70. The summed E-state index contributed by atoms with van der Waals surface area (Å²) in [6.07, 6.45) is 5.76. The van der Waals surface area contributed by atoms with Gasteiger partial charge in [-0.1, -0.05) is 31.0 Å². The average Bonchev–Trinajstić information content (AvgIpc) is 2.42. The number of carbonyl (C=O) groups excluding carboxylic acids is 1. The van der Waals surface area contributed by atoms with E-state index >= 15 is 0 Å². The van der Waals surface area contributed by atoms with E-state index in [1.54, 1.807) is 18.2 Å². The standard InChI is InChI=1S/C15H21ClN2O/c1-2-10-6-8-11(9-7-10)18-15(19)12-4-3-5-13(17)14(12)16/h3-5,10-11H,2,6-9,17H2,1H3,(H,18,19). The van der Waals surface area contributed by atoms with Crippen LogP contribution in [0.3, 0.4) is 0 Å². The molecule has 4 heteroatoms. The monoisotopic (exact) mass is 280 g/mol. The van der Waals surface area contributed by atoms with Gasteiger partial charge < -0.3 is 11.1 Å². The SMILES string of the molecule is CCC1CCC(NC(=O)c2cccc(N)c2Cl)CC1. The molecule has 104 valence electrons. The van der Waals surface area contributed by atoms with Gasteiger partial charge in [0.1, 0.15) is 0 Å². The molecule has 0 radical (unpaired) electrons. The molecule has 0 saturated heterocycles. The average molecular weight is 281 g/mol. The van der Waals surface area contributed by atoms with Crippen LogP contribution in [0.2, 0.25) is 5.02 Å². The van der Waals surface area contributed by atoms with Crippen LogP contribution in [0.25, 0.3) is 0 Å². The zero-order valence-electron chi connectivity index (χ0n) is 11.3. The third kappa shape index (κ3) is 3.41. The number of hydrogen-bond donors (Lipinski definition) is 2.